The number of hydrogen-bond donors (Lipinski definition) is 0. The van der Waals surface area contributed by atoms with E-state index >= 15 is 0 Å². The summed E-state index contributed by atoms with van der Waals surface area (Å²) in [5.74, 6) is 0.270. The van der Waals surface area contributed by atoms with Crippen molar-refractivity contribution in [2.45, 2.75) is 27.2 Å². The predicted octanol–water partition coefficient (Wildman–Crippen LogP) is 1.53. The third-order valence-corrected chi connectivity index (χ3v) is 2.21. The summed E-state index contributed by atoms with van der Waals surface area (Å²) in [5.41, 5.74) is 0. The van der Waals surface area contributed by atoms with Crippen LogP contribution in [0.3, 0.4) is 0 Å². The van der Waals surface area contributed by atoms with E-state index in [1.807, 2.05) is 0 Å². The van der Waals surface area contributed by atoms with Gasteiger partial charge in [-0.1, -0.05) is 20.8 Å². The van der Waals surface area contributed by atoms with Crippen molar-refractivity contribution >= 4 is 5.97 Å². The van der Waals surface area contributed by atoms with E-state index in [1.165, 1.54) is 7.11 Å². The zero-order valence-corrected chi connectivity index (χ0v) is 9.17. The molecule has 0 aromatic carbocycles. The van der Waals surface area contributed by atoms with Gasteiger partial charge >= 0.3 is 5.97 Å². The zero-order valence-electron chi connectivity index (χ0n) is 9.17. The van der Waals surface area contributed by atoms with Gasteiger partial charge in [-0.05, 0) is 19.0 Å². The maximum absolute atomic E-state index is 10.9. The van der Waals surface area contributed by atoms with Crippen LogP contribution in [0.2, 0.25) is 0 Å². The summed E-state index contributed by atoms with van der Waals surface area (Å²) in [6.45, 7) is 9.41. The minimum absolute atomic E-state index is 0.111. The maximum Gasteiger partial charge on any atom is 0.305 e. The standard InChI is InChI=1S/C10H21NO2/c1-5-11(6-2)8-9(3)7-10(12)13-4/h9H,5-8H2,1-4H3. The Bertz CT molecular complexity index is 144. The highest BCUT2D eigenvalue weighted by Gasteiger charge is 2.11. The topological polar surface area (TPSA) is 29.5 Å². The van der Waals surface area contributed by atoms with E-state index in [0.29, 0.717) is 12.3 Å². The van der Waals surface area contributed by atoms with E-state index in [4.69, 9.17) is 0 Å². The van der Waals surface area contributed by atoms with Crippen LogP contribution in [0.25, 0.3) is 0 Å². The van der Waals surface area contributed by atoms with Crippen molar-refractivity contribution in [2.24, 2.45) is 5.92 Å². The highest BCUT2D eigenvalue weighted by Crippen LogP contribution is 2.05. The molecule has 0 saturated carbocycles. The highest BCUT2D eigenvalue weighted by molar-refractivity contribution is 5.69. The fourth-order valence-electron chi connectivity index (χ4n) is 1.35. The summed E-state index contributed by atoms with van der Waals surface area (Å²) >= 11 is 0. The van der Waals surface area contributed by atoms with Gasteiger partial charge in [0.15, 0.2) is 0 Å². The van der Waals surface area contributed by atoms with Crippen LogP contribution < -0.4 is 0 Å². The van der Waals surface area contributed by atoms with Crippen LogP contribution in [0, 0.1) is 5.92 Å². The Balaban J connectivity index is 3.71. The maximum atomic E-state index is 10.9. The number of carbonyl (C=O) groups is 1. The van der Waals surface area contributed by atoms with E-state index in [0.717, 1.165) is 19.6 Å². The van der Waals surface area contributed by atoms with Crippen molar-refractivity contribution in [2.75, 3.05) is 26.7 Å². The first-order chi connectivity index (χ1) is 6.13. The fraction of sp³-hybridized carbons (Fsp3) is 0.900. The molecule has 3 heteroatoms. The molecule has 0 aromatic rings. The predicted molar refractivity (Wildman–Crippen MR) is 53.6 cm³/mol. The van der Waals surface area contributed by atoms with Crippen LogP contribution in [0.15, 0.2) is 0 Å². The van der Waals surface area contributed by atoms with Crippen LogP contribution in [-0.2, 0) is 9.53 Å². The summed E-state index contributed by atoms with van der Waals surface area (Å²) in [7, 11) is 1.44. The molecule has 0 saturated heterocycles. The Morgan fingerprint density at radius 1 is 1.38 bits per heavy atom. The minimum Gasteiger partial charge on any atom is -0.469 e. The summed E-state index contributed by atoms with van der Waals surface area (Å²) in [5, 5.41) is 0. The van der Waals surface area contributed by atoms with Crippen molar-refractivity contribution in [3.63, 3.8) is 0 Å². The largest absolute Gasteiger partial charge is 0.469 e. The molecule has 0 aliphatic carbocycles. The molecule has 3 nitrogen and oxygen atoms in total. The third kappa shape index (κ3) is 5.64. The van der Waals surface area contributed by atoms with Gasteiger partial charge in [-0.3, -0.25) is 4.79 Å². The molecule has 1 unspecified atom stereocenters. The van der Waals surface area contributed by atoms with Gasteiger partial charge in [0.25, 0.3) is 0 Å². The van der Waals surface area contributed by atoms with Crippen molar-refractivity contribution < 1.29 is 9.53 Å². The first-order valence-corrected chi connectivity index (χ1v) is 4.93. The van der Waals surface area contributed by atoms with Gasteiger partial charge in [-0.2, -0.15) is 0 Å². The van der Waals surface area contributed by atoms with E-state index in [9.17, 15) is 4.79 Å². The number of hydrogen-bond acceptors (Lipinski definition) is 3. The highest BCUT2D eigenvalue weighted by atomic mass is 16.5. The number of ether oxygens (including phenoxy) is 1. The van der Waals surface area contributed by atoms with Gasteiger partial charge in [0.1, 0.15) is 0 Å². The lowest BCUT2D eigenvalue weighted by molar-refractivity contribution is -0.141. The first-order valence-electron chi connectivity index (χ1n) is 4.93. The van der Waals surface area contributed by atoms with E-state index in [1.54, 1.807) is 0 Å². The number of carbonyl (C=O) groups excluding carboxylic acids is 1. The Morgan fingerprint density at radius 2 is 1.92 bits per heavy atom. The Labute approximate surface area is 81.1 Å². The minimum atomic E-state index is -0.111. The molecule has 0 rings (SSSR count). The quantitative estimate of drug-likeness (QED) is 0.591. The summed E-state index contributed by atoms with van der Waals surface area (Å²) in [6, 6.07) is 0. The lowest BCUT2D eigenvalue weighted by Crippen LogP contribution is -2.29. The monoisotopic (exact) mass is 187 g/mol. The SMILES string of the molecule is CCN(CC)CC(C)CC(=O)OC. The molecular weight excluding hydrogens is 166 g/mol. The average molecular weight is 187 g/mol. The number of nitrogens with zero attached hydrogens (tertiary/aromatic N) is 1. The van der Waals surface area contributed by atoms with Gasteiger partial charge in [0, 0.05) is 13.0 Å². The van der Waals surface area contributed by atoms with Gasteiger partial charge in [-0.25, -0.2) is 0 Å². The van der Waals surface area contributed by atoms with Crippen molar-refractivity contribution in [1.29, 1.82) is 0 Å². The normalized spacial score (nSPS) is 13.0. The Kier molecular flexibility index (Phi) is 6.59. The van der Waals surface area contributed by atoms with Crippen molar-refractivity contribution in [1.82, 2.24) is 4.90 Å². The molecule has 0 heterocycles. The Hall–Kier alpha value is -0.570. The molecule has 0 spiro atoms. The second-order valence-corrected chi connectivity index (χ2v) is 3.37. The molecule has 0 aliphatic heterocycles. The van der Waals surface area contributed by atoms with Crippen LogP contribution >= 0.6 is 0 Å². The third-order valence-electron chi connectivity index (χ3n) is 2.21. The van der Waals surface area contributed by atoms with E-state index < -0.39 is 0 Å². The molecule has 0 N–H and O–H groups in total. The van der Waals surface area contributed by atoms with Gasteiger partial charge < -0.3 is 9.64 Å². The molecule has 0 fully saturated rings. The van der Waals surface area contributed by atoms with Crippen LogP contribution in [0.5, 0.6) is 0 Å². The summed E-state index contributed by atoms with van der Waals surface area (Å²) < 4.78 is 4.61. The Morgan fingerprint density at radius 3 is 2.31 bits per heavy atom. The van der Waals surface area contributed by atoms with Gasteiger partial charge in [0.2, 0.25) is 0 Å². The van der Waals surface area contributed by atoms with Crippen LogP contribution in [0.4, 0.5) is 0 Å². The second kappa shape index (κ2) is 6.89. The van der Waals surface area contributed by atoms with Crippen molar-refractivity contribution in [3.8, 4) is 0 Å². The zero-order chi connectivity index (χ0) is 10.3. The molecular formula is C10H21NO2. The molecule has 0 amide bonds. The smallest absolute Gasteiger partial charge is 0.305 e. The first kappa shape index (κ1) is 12.4. The second-order valence-electron chi connectivity index (χ2n) is 3.37. The number of rotatable bonds is 6. The number of esters is 1. The lowest BCUT2D eigenvalue weighted by Gasteiger charge is -2.21. The fourth-order valence-corrected chi connectivity index (χ4v) is 1.35. The molecule has 0 bridgehead atoms. The molecule has 0 aliphatic rings. The van der Waals surface area contributed by atoms with Crippen molar-refractivity contribution in [3.05, 3.63) is 0 Å². The summed E-state index contributed by atoms with van der Waals surface area (Å²) in [4.78, 5) is 13.3. The molecule has 1 atom stereocenters. The average Bonchev–Trinajstić information content (AvgIpc) is 2.13. The van der Waals surface area contributed by atoms with Crippen LogP contribution in [-0.4, -0.2) is 37.6 Å². The summed E-state index contributed by atoms with van der Waals surface area (Å²) in [6.07, 6.45) is 0.521. The molecule has 13 heavy (non-hydrogen) atoms. The number of methoxy groups -OCH3 is 1. The molecule has 0 radical (unpaired) electrons. The van der Waals surface area contributed by atoms with Gasteiger partial charge in [-0.15, -0.1) is 0 Å². The molecule has 0 aromatic heterocycles. The van der Waals surface area contributed by atoms with E-state index in [2.05, 4.69) is 30.4 Å². The van der Waals surface area contributed by atoms with Gasteiger partial charge in [0.05, 0.1) is 7.11 Å². The van der Waals surface area contributed by atoms with E-state index in [-0.39, 0.29) is 5.97 Å². The van der Waals surface area contributed by atoms with Crippen LogP contribution in [0.1, 0.15) is 27.2 Å². The lowest BCUT2D eigenvalue weighted by atomic mass is 10.1. The molecule has 78 valence electrons.